The SMILES string of the molecule is COC(=O)[C@@]1(C)C[C@@H](COc2ccc(-c3ccc(C(N)=NC(C)C)cc3)cc2)N(CCCc2ccccc2)C1=O. The van der Waals surface area contributed by atoms with Crippen molar-refractivity contribution in [1.29, 1.82) is 0 Å². The van der Waals surface area contributed by atoms with Gasteiger partial charge < -0.3 is 20.1 Å². The maximum absolute atomic E-state index is 13.4. The molecule has 4 rings (SSSR count). The van der Waals surface area contributed by atoms with Crippen LogP contribution in [0.5, 0.6) is 5.75 Å². The molecule has 2 atom stereocenters. The molecule has 1 saturated heterocycles. The van der Waals surface area contributed by atoms with Gasteiger partial charge in [-0.3, -0.25) is 14.6 Å². The molecule has 3 aromatic rings. The van der Waals surface area contributed by atoms with E-state index in [2.05, 4.69) is 17.1 Å². The third-order valence-corrected chi connectivity index (χ3v) is 7.37. The number of aliphatic imine (C=N–C) groups is 1. The van der Waals surface area contributed by atoms with Gasteiger partial charge in [-0.1, -0.05) is 66.7 Å². The number of aryl methyl sites for hydroxylation is 1. The number of methoxy groups -OCH3 is 1. The lowest BCUT2D eigenvalue weighted by Gasteiger charge is -2.25. The Hall–Kier alpha value is -4.13. The van der Waals surface area contributed by atoms with Gasteiger partial charge in [-0.05, 0) is 68.9 Å². The van der Waals surface area contributed by atoms with Gasteiger partial charge >= 0.3 is 5.97 Å². The summed E-state index contributed by atoms with van der Waals surface area (Å²) in [5.41, 5.74) is 9.12. The fourth-order valence-corrected chi connectivity index (χ4v) is 5.20. The number of benzene rings is 3. The highest BCUT2D eigenvalue weighted by molar-refractivity contribution is 6.04. The fraction of sp³-hybridized carbons (Fsp3) is 0.364. The van der Waals surface area contributed by atoms with Crippen LogP contribution in [0.1, 0.15) is 44.7 Å². The summed E-state index contributed by atoms with van der Waals surface area (Å²) in [5, 5.41) is 0. The van der Waals surface area contributed by atoms with Gasteiger partial charge in [0, 0.05) is 18.2 Å². The van der Waals surface area contributed by atoms with E-state index in [1.807, 2.05) is 80.6 Å². The number of amides is 1. The third kappa shape index (κ3) is 6.71. The number of rotatable bonds is 11. The van der Waals surface area contributed by atoms with Gasteiger partial charge in [-0.15, -0.1) is 0 Å². The fourth-order valence-electron chi connectivity index (χ4n) is 5.20. The van der Waals surface area contributed by atoms with E-state index in [4.69, 9.17) is 15.2 Å². The van der Waals surface area contributed by atoms with Crippen LogP contribution in [-0.4, -0.2) is 55.0 Å². The molecule has 1 aliphatic rings. The summed E-state index contributed by atoms with van der Waals surface area (Å²) < 4.78 is 11.1. The predicted octanol–water partition coefficient (Wildman–Crippen LogP) is 5.26. The molecular weight excluding hydrogens is 502 g/mol. The van der Waals surface area contributed by atoms with E-state index in [1.165, 1.54) is 12.7 Å². The Morgan fingerprint density at radius 2 is 1.65 bits per heavy atom. The number of carbonyl (C=O) groups is 2. The molecule has 40 heavy (non-hydrogen) atoms. The smallest absolute Gasteiger partial charge is 0.321 e. The number of carbonyl (C=O) groups excluding carboxylic acids is 2. The summed E-state index contributed by atoms with van der Waals surface area (Å²) in [6.07, 6.45) is 2.01. The second kappa shape index (κ2) is 12.8. The van der Waals surface area contributed by atoms with Crippen molar-refractivity contribution < 1.29 is 19.1 Å². The van der Waals surface area contributed by atoms with Crippen LogP contribution in [0, 0.1) is 5.41 Å². The van der Waals surface area contributed by atoms with Crippen molar-refractivity contribution >= 4 is 17.7 Å². The Balaban J connectivity index is 1.41. The van der Waals surface area contributed by atoms with E-state index in [1.54, 1.807) is 11.8 Å². The van der Waals surface area contributed by atoms with Gasteiger partial charge in [-0.25, -0.2) is 0 Å². The predicted molar refractivity (Wildman–Crippen MR) is 158 cm³/mol. The van der Waals surface area contributed by atoms with E-state index in [9.17, 15) is 9.59 Å². The minimum absolute atomic E-state index is 0.144. The topological polar surface area (TPSA) is 94.2 Å². The molecule has 7 nitrogen and oxygen atoms in total. The average molecular weight is 542 g/mol. The first-order valence-electron chi connectivity index (χ1n) is 13.8. The molecule has 7 heteroatoms. The molecule has 0 saturated carbocycles. The highest BCUT2D eigenvalue weighted by atomic mass is 16.5. The number of hydrogen-bond acceptors (Lipinski definition) is 5. The molecule has 1 heterocycles. The largest absolute Gasteiger partial charge is 0.491 e. The van der Waals surface area contributed by atoms with E-state index in [0.717, 1.165) is 29.5 Å². The highest BCUT2D eigenvalue weighted by Crippen LogP contribution is 2.37. The Bertz CT molecular complexity index is 1320. The van der Waals surface area contributed by atoms with Gasteiger partial charge in [0.2, 0.25) is 5.91 Å². The zero-order valence-electron chi connectivity index (χ0n) is 23.8. The van der Waals surface area contributed by atoms with Crippen LogP contribution in [0.25, 0.3) is 11.1 Å². The molecule has 2 N–H and O–H groups in total. The van der Waals surface area contributed by atoms with Crippen LogP contribution in [0.15, 0.2) is 83.9 Å². The standard InChI is InChI=1S/C33H39N3O4/c1-23(2)35-30(34)27-14-12-25(13-15-27)26-16-18-29(19-17-26)40-22-28-21-33(3,32(38)39-4)31(37)36(28)20-8-11-24-9-6-5-7-10-24/h5-7,9-10,12-19,23,28H,8,11,20-22H2,1-4H3,(H2,34,35)/t28-,33-/m0/s1. The summed E-state index contributed by atoms with van der Waals surface area (Å²) in [7, 11) is 1.33. The second-order valence-electron chi connectivity index (χ2n) is 10.8. The molecule has 210 valence electrons. The number of amidine groups is 1. The van der Waals surface area contributed by atoms with Crippen LogP contribution >= 0.6 is 0 Å². The van der Waals surface area contributed by atoms with Crippen LogP contribution < -0.4 is 10.5 Å². The number of ether oxygens (including phenoxy) is 2. The molecule has 0 spiro atoms. The van der Waals surface area contributed by atoms with Gasteiger partial charge in [-0.2, -0.15) is 0 Å². The van der Waals surface area contributed by atoms with E-state index in [-0.39, 0.29) is 18.0 Å². The third-order valence-electron chi connectivity index (χ3n) is 7.37. The first kappa shape index (κ1) is 28.9. The van der Waals surface area contributed by atoms with E-state index in [0.29, 0.717) is 31.2 Å². The summed E-state index contributed by atoms with van der Waals surface area (Å²) in [6.45, 7) is 6.52. The molecular formula is C33H39N3O4. The molecule has 3 aromatic carbocycles. The number of nitrogens with two attached hydrogens (primary N) is 1. The molecule has 1 fully saturated rings. The van der Waals surface area contributed by atoms with Crippen LogP contribution in [0.2, 0.25) is 0 Å². The van der Waals surface area contributed by atoms with Crippen molar-refractivity contribution in [3.63, 3.8) is 0 Å². The molecule has 0 aliphatic carbocycles. The molecule has 0 unspecified atom stereocenters. The molecule has 0 aromatic heterocycles. The molecule has 0 radical (unpaired) electrons. The van der Waals surface area contributed by atoms with Crippen molar-refractivity contribution in [2.45, 2.75) is 52.1 Å². The maximum Gasteiger partial charge on any atom is 0.321 e. The van der Waals surface area contributed by atoms with Crippen molar-refractivity contribution in [2.24, 2.45) is 16.1 Å². The highest BCUT2D eigenvalue weighted by Gasteiger charge is 2.54. The van der Waals surface area contributed by atoms with Gasteiger partial charge in [0.15, 0.2) is 0 Å². The molecule has 1 aliphatic heterocycles. The average Bonchev–Trinajstić information content (AvgIpc) is 3.21. The summed E-state index contributed by atoms with van der Waals surface area (Å²) in [6, 6.07) is 26.0. The minimum atomic E-state index is -1.20. The van der Waals surface area contributed by atoms with Crippen molar-refractivity contribution in [2.75, 3.05) is 20.3 Å². The number of nitrogens with zero attached hydrogens (tertiary/aromatic N) is 2. The quantitative estimate of drug-likeness (QED) is 0.155. The lowest BCUT2D eigenvalue weighted by Crippen LogP contribution is -2.41. The Morgan fingerprint density at radius 3 is 2.25 bits per heavy atom. The monoisotopic (exact) mass is 541 g/mol. The van der Waals surface area contributed by atoms with Gasteiger partial charge in [0.25, 0.3) is 0 Å². The lowest BCUT2D eigenvalue weighted by molar-refractivity contribution is -0.157. The van der Waals surface area contributed by atoms with E-state index < -0.39 is 11.4 Å². The zero-order chi connectivity index (χ0) is 28.7. The van der Waals surface area contributed by atoms with Crippen LogP contribution in [0.3, 0.4) is 0 Å². The molecule has 1 amide bonds. The Kier molecular flexibility index (Phi) is 9.25. The van der Waals surface area contributed by atoms with Crippen molar-refractivity contribution in [3.8, 4) is 16.9 Å². The summed E-state index contributed by atoms with van der Waals surface area (Å²) in [5.74, 6) is 0.546. The normalized spacial score (nSPS) is 19.2. The number of likely N-dealkylation sites (tertiary alicyclic amines) is 1. The Labute approximate surface area is 237 Å². The Morgan fingerprint density at radius 1 is 1.02 bits per heavy atom. The summed E-state index contributed by atoms with van der Waals surface area (Å²) in [4.78, 5) is 32.1. The van der Waals surface area contributed by atoms with Crippen molar-refractivity contribution in [3.05, 3.63) is 90.0 Å². The van der Waals surface area contributed by atoms with E-state index >= 15 is 0 Å². The minimum Gasteiger partial charge on any atom is -0.491 e. The first-order chi connectivity index (χ1) is 19.2. The number of hydrogen-bond donors (Lipinski definition) is 1. The lowest BCUT2D eigenvalue weighted by atomic mass is 9.87. The second-order valence-corrected chi connectivity index (χ2v) is 10.8. The zero-order valence-corrected chi connectivity index (χ0v) is 23.8. The van der Waals surface area contributed by atoms with Crippen LogP contribution in [-0.2, 0) is 20.7 Å². The van der Waals surface area contributed by atoms with Gasteiger partial charge in [0.05, 0.1) is 13.2 Å². The van der Waals surface area contributed by atoms with Gasteiger partial charge in [0.1, 0.15) is 23.6 Å². The maximum atomic E-state index is 13.4. The first-order valence-corrected chi connectivity index (χ1v) is 13.8. The van der Waals surface area contributed by atoms with Crippen molar-refractivity contribution in [1.82, 2.24) is 4.90 Å². The van der Waals surface area contributed by atoms with Crippen LogP contribution in [0.4, 0.5) is 0 Å². The summed E-state index contributed by atoms with van der Waals surface area (Å²) >= 11 is 0. The molecule has 0 bridgehead atoms. The number of esters is 1.